The second-order valence-electron chi connectivity index (χ2n) is 6.11. The lowest BCUT2D eigenvalue weighted by Gasteiger charge is -2.18. The van der Waals surface area contributed by atoms with Gasteiger partial charge in [-0.2, -0.15) is 0 Å². The maximum Gasteiger partial charge on any atom is 0.332 e. The van der Waals surface area contributed by atoms with Crippen molar-refractivity contribution in [2.45, 2.75) is 50.7 Å². The first kappa shape index (κ1) is 12.9. The third-order valence-electron chi connectivity index (χ3n) is 4.55. The number of carbonyl (C=O) groups is 2. The molecule has 2 saturated carbocycles. The maximum atomic E-state index is 12.0. The van der Waals surface area contributed by atoms with Gasteiger partial charge in [-0.25, -0.2) is 4.79 Å². The van der Waals surface area contributed by atoms with Gasteiger partial charge >= 0.3 is 5.97 Å². The summed E-state index contributed by atoms with van der Waals surface area (Å²) < 4.78 is 5.26. The number of hydrogen-bond acceptors (Lipinski definition) is 3. The number of ether oxygens (including phenoxy) is 1. The zero-order valence-electron chi connectivity index (χ0n) is 11.0. The van der Waals surface area contributed by atoms with Crippen molar-refractivity contribution in [1.29, 1.82) is 0 Å². The molecule has 0 bridgehead atoms. The van der Waals surface area contributed by atoms with Crippen molar-refractivity contribution in [3.8, 4) is 0 Å². The summed E-state index contributed by atoms with van der Waals surface area (Å²) in [5, 5.41) is 11.8. The van der Waals surface area contributed by atoms with Gasteiger partial charge < -0.3 is 15.2 Å². The van der Waals surface area contributed by atoms with Gasteiger partial charge in [0.25, 0.3) is 0 Å². The highest BCUT2D eigenvalue weighted by Gasteiger charge is 2.42. The van der Waals surface area contributed by atoms with Gasteiger partial charge in [-0.1, -0.05) is 0 Å². The third kappa shape index (κ3) is 3.08. The Morgan fingerprint density at radius 1 is 1.05 bits per heavy atom. The van der Waals surface area contributed by atoms with Crippen LogP contribution in [0.1, 0.15) is 38.5 Å². The SMILES string of the molecule is O=C(O)C1CCC(C(=O)NCC(C2CC2)C2CC2)O1. The maximum absolute atomic E-state index is 12.0. The van der Waals surface area contributed by atoms with E-state index in [0.29, 0.717) is 18.8 Å². The molecule has 1 heterocycles. The van der Waals surface area contributed by atoms with Gasteiger partial charge in [-0.05, 0) is 56.3 Å². The van der Waals surface area contributed by atoms with E-state index < -0.39 is 18.2 Å². The fourth-order valence-corrected chi connectivity index (χ4v) is 3.11. The molecule has 0 aromatic heterocycles. The predicted molar refractivity (Wildman–Crippen MR) is 67.5 cm³/mol. The molecule has 19 heavy (non-hydrogen) atoms. The normalized spacial score (nSPS) is 30.6. The summed E-state index contributed by atoms with van der Waals surface area (Å²) in [7, 11) is 0. The largest absolute Gasteiger partial charge is 0.479 e. The highest BCUT2D eigenvalue weighted by Crippen LogP contribution is 2.48. The summed E-state index contributed by atoms with van der Waals surface area (Å²) in [4.78, 5) is 22.7. The van der Waals surface area contributed by atoms with E-state index in [-0.39, 0.29) is 5.91 Å². The van der Waals surface area contributed by atoms with Crippen LogP contribution in [0.5, 0.6) is 0 Å². The predicted octanol–water partition coefficient (Wildman–Crippen LogP) is 1.17. The fourth-order valence-electron chi connectivity index (χ4n) is 3.11. The molecule has 0 spiro atoms. The van der Waals surface area contributed by atoms with Crippen molar-refractivity contribution >= 4 is 11.9 Å². The number of rotatable bonds is 6. The summed E-state index contributed by atoms with van der Waals surface area (Å²) in [5.41, 5.74) is 0. The second-order valence-corrected chi connectivity index (χ2v) is 6.11. The van der Waals surface area contributed by atoms with Crippen LogP contribution < -0.4 is 5.32 Å². The van der Waals surface area contributed by atoms with Crippen molar-refractivity contribution < 1.29 is 19.4 Å². The van der Waals surface area contributed by atoms with E-state index in [1.807, 2.05) is 0 Å². The minimum Gasteiger partial charge on any atom is -0.479 e. The number of nitrogens with one attached hydrogen (secondary N) is 1. The topological polar surface area (TPSA) is 75.6 Å². The van der Waals surface area contributed by atoms with Crippen LogP contribution in [-0.2, 0) is 14.3 Å². The van der Waals surface area contributed by atoms with E-state index in [2.05, 4.69) is 5.32 Å². The summed E-state index contributed by atoms with van der Waals surface area (Å²) in [6, 6.07) is 0. The van der Waals surface area contributed by atoms with Crippen molar-refractivity contribution in [1.82, 2.24) is 5.32 Å². The zero-order chi connectivity index (χ0) is 13.4. The molecule has 106 valence electrons. The Morgan fingerprint density at radius 3 is 2.11 bits per heavy atom. The molecule has 5 heteroatoms. The summed E-state index contributed by atoms with van der Waals surface area (Å²) in [6.45, 7) is 0.742. The average Bonchev–Trinajstić information content (AvgIpc) is 3.30. The molecule has 2 aliphatic carbocycles. The van der Waals surface area contributed by atoms with Crippen molar-refractivity contribution in [3.63, 3.8) is 0 Å². The average molecular weight is 267 g/mol. The minimum atomic E-state index is -0.968. The van der Waals surface area contributed by atoms with Gasteiger partial charge in [0.1, 0.15) is 6.10 Å². The van der Waals surface area contributed by atoms with E-state index in [1.54, 1.807) is 0 Å². The first-order chi connectivity index (χ1) is 9.15. The quantitative estimate of drug-likeness (QED) is 0.757. The van der Waals surface area contributed by atoms with Crippen LogP contribution in [0.15, 0.2) is 0 Å². The summed E-state index contributed by atoms with van der Waals surface area (Å²) in [5.74, 6) is 1.16. The smallest absolute Gasteiger partial charge is 0.332 e. The fraction of sp³-hybridized carbons (Fsp3) is 0.857. The molecule has 0 aromatic carbocycles. The Kier molecular flexibility index (Phi) is 3.48. The van der Waals surface area contributed by atoms with Gasteiger partial charge in [0, 0.05) is 6.54 Å². The van der Waals surface area contributed by atoms with Crippen LogP contribution >= 0.6 is 0 Å². The van der Waals surface area contributed by atoms with Crippen molar-refractivity contribution in [2.75, 3.05) is 6.54 Å². The standard InChI is InChI=1S/C14H21NO4/c16-13(11-5-6-12(19-11)14(17)18)15-7-10(8-1-2-8)9-3-4-9/h8-12H,1-7H2,(H,15,16)(H,17,18). The Balaban J connectivity index is 1.44. The van der Waals surface area contributed by atoms with Gasteiger partial charge in [0.2, 0.25) is 5.91 Å². The Hall–Kier alpha value is -1.10. The lowest BCUT2D eigenvalue weighted by atomic mass is 9.98. The zero-order valence-corrected chi connectivity index (χ0v) is 11.0. The van der Waals surface area contributed by atoms with E-state index in [0.717, 1.165) is 18.4 Å². The van der Waals surface area contributed by atoms with Gasteiger partial charge in [-0.3, -0.25) is 4.79 Å². The lowest BCUT2D eigenvalue weighted by Crippen LogP contribution is -2.39. The highest BCUT2D eigenvalue weighted by atomic mass is 16.5. The molecule has 1 amide bonds. The molecule has 1 saturated heterocycles. The molecule has 3 fully saturated rings. The molecule has 3 aliphatic rings. The molecule has 2 unspecified atom stereocenters. The van der Waals surface area contributed by atoms with Crippen LogP contribution in [0.4, 0.5) is 0 Å². The Bertz CT molecular complexity index is 364. The first-order valence-corrected chi connectivity index (χ1v) is 7.31. The number of amides is 1. The van der Waals surface area contributed by atoms with E-state index in [1.165, 1.54) is 25.7 Å². The van der Waals surface area contributed by atoms with Crippen LogP contribution in [0, 0.1) is 17.8 Å². The Labute approximate surface area is 112 Å². The number of aliphatic carboxylic acids is 1. The van der Waals surface area contributed by atoms with E-state index in [4.69, 9.17) is 9.84 Å². The van der Waals surface area contributed by atoms with Crippen LogP contribution in [0.25, 0.3) is 0 Å². The van der Waals surface area contributed by atoms with Crippen molar-refractivity contribution in [2.24, 2.45) is 17.8 Å². The first-order valence-electron chi connectivity index (χ1n) is 7.31. The van der Waals surface area contributed by atoms with Crippen LogP contribution in [0.2, 0.25) is 0 Å². The van der Waals surface area contributed by atoms with Gasteiger partial charge in [0.15, 0.2) is 6.10 Å². The Morgan fingerprint density at radius 2 is 1.63 bits per heavy atom. The van der Waals surface area contributed by atoms with E-state index >= 15 is 0 Å². The third-order valence-corrected chi connectivity index (χ3v) is 4.55. The van der Waals surface area contributed by atoms with Crippen LogP contribution in [-0.4, -0.2) is 35.7 Å². The second kappa shape index (κ2) is 5.12. The van der Waals surface area contributed by atoms with Crippen molar-refractivity contribution in [3.05, 3.63) is 0 Å². The molecule has 1 aliphatic heterocycles. The highest BCUT2D eigenvalue weighted by molar-refractivity contribution is 5.82. The van der Waals surface area contributed by atoms with E-state index in [9.17, 15) is 9.59 Å². The molecule has 0 radical (unpaired) electrons. The number of hydrogen-bond donors (Lipinski definition) is 2. The summed E-state index contributed by atoms with van der Waals surface area (Å²) in [6.07, 6.45) is 4.79. The van der Waals surface area contributed by atoms with Crippen LogP contribution in [0.3, 0.4) is 0 Å². The monoisotopic (exact) mass is 267 g/mol. The molecule has 3 rings (SSSR count). The summed E-state index contributed by atoms with van der Waals surface area (Å²) >= 11 is 0. The lowest BCUT2D eigenvalue weighted by molar-refractivity contribution is -0.151. The molecule has 0 aromatic rings. The molecule has 2 N–H and O–H groups in total. The number of carboxylic acid groups (broad SMARTS) is 1. The van der Waals surface area contributed by atoms with Gasteiger partial charge in [0.05, 0.1) is 0 Å². The molecular formula is C14H21NO4. The minimum absolute atomic E-state index is 0.130. The number of carboxylic acids is 1. The molecule has 5 nitrogen and oxygen atoms in total. The molecular weight excluding hydrogens is 246 g/mol. The van der Waals surface area contributed by atoms with Gasteiger partial charge in [-0.15, -0.1) is 0 Å². The number of carbonyl (C=O) groups excluding carboxylic acids is 1. The molecule has 2 atom stereocenters.